The minimum atomic E-state index is -4.29. The van der Waals surface area contributed by atoms with E-state index in [4.69, 9.17) is 21.0 Å². The summed E-state index contributed by atoms with van der Waals surface area (Å²) in [6.45, 7) is -2.84. The molecular formula is C7H13ClNO5P. The van der Waals surface area contributed by atoms with Gasteiger partial charge >= 0.3 is 12.9 Å². The van der Waals surface area contributed by atoms with E-state index < -0.39 is 19.0 Å². The molecule has 0 saturated heterocycles. The molecule has 2 atom stereocenters. The molecular weight excluding hydrogens is 245 g/mol. The molecule has 1 aliphatic carbocycles. The van der Waals surface area contributed by atoms with Gasteiger partial charge in [-0.2, -0.15) is 5.48 Å². The molecule has 1 saturated carbocycles. The SMILES string of the molecule is C[C@H](NOC1CCC1)C(=O)OP(=O)(O)Cl. The van der Waals surface area contributed by atoms with Crippen molar-refractivity contribution in [3.63, 3.8) is 0 Å². The van der Waals surface area contributed by atoms with E-state index in [2.05, 4.69) is 10.0 Å². The molecule has 88 valence electrons. The number of hydrogen-bond donors (Lipinski definition) is 2. The largest absolute Gasteiger partial charge is 0.476 e. The zero-order chi connectivity index (χ0) is 11.5. The van der Waals surface area contributed by atoms with Crippen LogP contribution in [0.1, 0.15) is 26.2 Å². The Morgan fingerprint density at radius 1 is 1.67 bits per heavy atom. The highest BCUT2D eigenvalue weighted by atomic mass is 35.7. The quantitative estimate of drug-likeness (QED) is 0.571. The molecule has 1 unspecified atom stereocenters. The third-order valence-electron chi connectivity index (χ3n) is 2.02. The van der Waals surface area contributed by atoms with Gasteiger partial charge in [0.05, 0.1) is 6.10 Å². The maximum absolute atomic E-state index is 11.1. The van der Waals surface area contributed by atoms with Crippen LogP contribution in [-0.4, -0.2) is 23.0 Å². The summed E-state index contributed by atoms with van der Waals surface area (Å²) in [5.74, 6) is -0.921. The molecule has 1 rings (SSSR count). The lowest BCUT2D eigenvalue weighted by Crippen LogP contribution is -2.39. The first-order valence-corrected chi connectivity index (χ1v) is 7.04. The fourth-order valence-electron chi connectivity index (χ4n) is 0.925. The van der Waals surface area contributed by atoms with Crippen molar-refractivity contribution in [3.8, 4) is 0 Å². The molecule has 0 aromatic carbocycles. The highest BCUT2D eigenvalue weighted by molar-refractivity contribution is 7.80. The van der Waals surface area contributed by atoms with Crippen molar-refractivity contribution >= 4 is 24.2 Å². The lowest BCUT2D eigenvalue weighted by Gasteiger charge is -2.26. The Bertz CT molecular complexity index is 277. The zero-order valence-corrected chi connectivity index (χ0v) is 9.83. The second-order valence-electron chi connectivity index (χ2n) is 3.37. The summed E-state index contributed by atoms with van der Waals surface area (Å²) in [7, 11) is 0. The molecule has 1 fully saturated rings. The Morgan fingerprint density at radius 2 is 2.27 bits per heavy atom. The van der Waals surface area contributed by atoms with E-state index in [1.165, 1.54) is 6.92 Å². The lowest BCUT2D eigenvalue weighted by molar-refractivity contribution is -0.145. The number of nitrogens with one attached hydrogen (secondary N) is 1. The summed E-state index contributed by atoms with van der Waals surface area (Å²) in [5, 5.41) is 0. The van der Waals surface area contributed by atoms with Gasteiger partial charge in [0.15, 0.2) is 0 Å². The average Bonchev–Trinajstić information content (AvgIpc) is 1.97. The van der Waals surface area contributed by atoms with E-state index >= 15 is 0 Å². The van der Waals surface area contributed by atoms with Crippen LogP contribution in [0, 0.1) is 0 Å². The zero-order valence-electron chi connectivity index (χ0n) is 8.18. The van der Waals surface area contributed by atoms with Gasteiger partial charge in [0.25, 0.3) is 0 Å². The molecule has 0 heterocycles. The maximum atomic E-state index is 11.1. The molecule has 15 heavy (non-hydrogen) atoms. The summed E-state index contributed by atoms with van der Waals surface area (Å²) in [6, 6.07) is -0.829. The first-order valence-electron chi connectivity index (χ1n) is 4.55. The number of halogens is 1. The van der Waals surface area contributed by atoms with Crippen molar-refractivity contribution in [3.05, 3.63) is 0 Å². The molecule has 0 aliphatic heterocycles. The van der Waals surface area contributed by atoms with Crippen molar-refractivity contribution in [2.45, 2.75) is 38.3 Å². The van der Waals surface area contributed by atoms with E-state index in [-0.39, 0.29) is 6.10 Å². The molecule has 6 nitrogen and oxygen atoms in total. The smallest absolute Gasteiger partial charge is 0.379 e. The molecule has 0 spiro atoms. The van der Waals surface area contributed by atoms with Gasteiger partial charge in [-0.3, -0.25) is 4.84 Å². The van der Waals surface area contributed by atoms with Crippen LogP contribution in [0.25, 0.3) is 0 Å². The molecule has 2 N–H and O–H groups in total. The van der Waals surface area contributed by atoms with E-state index in [9.17, 15) is 9.36 Å². The second kappa shape index (κ2) is 5.27. The fourth-order valence-corrected chi connectivity index (χ4v) is 1.51. The van der Waals surface area contributed by atoms with Crippen LogP contribution in [0.3, 0.4) is 0 Å². The van der Waals surface area contributed by atoms with Gasteiger partial charge in [-0.1, -0.05) is 0 Å². The second-order valence-corrected chi connectivity index (χ2v) is 5.74. The van der Waals surface area contributed by atoms with E-state index in [1.807, 2.05) is 0 Å². The summed E-state index contributed by atoms with van der Waals surface area (Å²) in [5.41, 5.74) is 2.44. The Hall–Kier alpha value is -0.130. The van der Waals surface area contributed by atoms with Crippen LogP contribution >= 0.6 is 18.2 Å². The first kappa shape index (κ1) is 12.9. The maximum Gasteiger partial charge on any atom is 0.476 e. The Labute approximate surface area is 92.2 Å². The number of hydrogen-bond acceptors (Lipinski definition) is 5. The van der Waals surface area contributed by atoms with Gasteiger partial charge in [-0.15, -0.1) is 0 Å². The van der Waals surface area contributed by atoms with Crippen LogP contribution in [-0.2, 0) is 18.7 Å². The summed E-state index contributed by atoms with van der Waals surface area (Å²) < 4.78 is 14.6. The lowest BCUT2D eigenvalue weighted by atomic mass is 9.97. The van der Waals surface area contributed by atoms with Crippen LogP contribution < -0.4 is 5.48 Å². The van der Waals surface area contributed by atoms with Crippen molar-refractivity contribution in [2.24, 2.45) is 0 Å². The third kappa shape index (κ3) is 4.95. The molecule has 8 heteroatoms. The minimum absolute atomic E-state index is 0.109. The standard InChI is InChI=1S/C7H13ClNO5P/c1-5(7(10)14-15(8,11)12)9-13-6-3-2-4-6/h5-6,9H,2-4H2,1H3,(H,11,12)/t5-/m0/s1. The number of hydroxylamine groups is 1. The average molecular weight is 258 g/mol. The van der Waals surface area contributed by atoms with E-state index in [0.717, 1.165) is 19.3 Å². The van der Waals surface area contributed by atoms with Gasteiger partial charge in [0, 0.05) is 11.2 Å². The highest BCUT2D eigenvalue weighted by Crippen LogP contribution is 2.47. The van der Waals surface area contributed by atoms with Gasteiger partial charge in [0.1, 0.15) is 6.04 Å². The molecule has 0 amide bonds. The number of rotatable bonds is 5. The molecule has 0 aromatic heterocycles. The van der Waals surface area contributed by atoms with Crippen LogP contribution in [0.15, 0.2) is 0 Å². The predicted molar refractivity (Wildman–Crippen MR) is 53.1 cm³/mol. The Balaban J connectivity index is 2.23. The van der Waals surface area contributed by atoms with Crippen molar-refractivity contribution in [1.29, 1.82) is 0 Å². The topological polar surface area (TPSA) is 84.9 Å². The number of carbonyl (C=O) groups is 1. The van der Waals surface area contributed by atoms with E-state index in [0.29, 0.717) is 0 Å². The van der Waals surface area contributed by atoms with Crippen LogP contribution in [0.2, 0.25) is 0 Å². The summed E-state index contributed by atoms with van der Waals surface area (Å²) in [4.78, 5) is 24.8. The van der Waals surface area contributed by atoms with Gasteiger partial charge in [-0.25, -0.2) is 9.36 Å². The van der Waals surface area contributed by atoms with Crippen LogP contribution in [0.5, 0.6) is 0 Å². The third-order valence-corrected chi connectivity index (χ3v) is 2.63. The van der Waals surface area contributed by atoms with Crippen molar-refractivity contribution < 1.29 is 23.6 Å². The highest BCUT2D eigenvalue weighted by Gasteiger charge is 2.26. The molecule has 0 aromatic rings. The normalized spacial score (nSPS) is 22.6. The Morgan fingerprint density at radius 3 is 2.67 bits per heavy atom. The fraction of sp³-hybridized carbons (Fsp3) is 0.857. The summed E-state index contributed by atoms with van der Waals surface area (Å²) >= 11 is 4.87. The monoisotopic (exact) mass is 257 g/mol. The van der Waals surface area contributed by atoms with Gasteiger partial charge < -0.3 is 9.42 Å². The van der Waals surface area contributed by atoms with Gasteiger partial charge in [-0.05, 0) is 26.2 Å². The van der Waals surface area contributed by atoms with Crippen molar-refractivity contribution in [2.75, 3.05) is 0 Å². The predicted octanol–water partition coefficient (Wildman–Crippen LogP) is 1.33. The number of carbonyl (C=O) groups excluding carboxylic acids is 1. The van der Waals surface area contributed by atoms with Crippen molar-refractivity contribution in [1.82, 2.24) is 5.48 Å². The van der Waals surface area contributed by atoms with E-state index in [1.54, 1.807) is 0 Å². The Kier molecular flexibility index (Phi) is 4.55. The molecule has 1 aliphatic rings. The molecule has 0 bridgehead atoms. The first-order chi connectivity index (χ1) is 6.88. The molecule has 0 radical (unpaired) electrons. The summed E-state index contributed by atoms with van der Waals surface area (Å²) in [6.07, 6.45) is 3.11. The van der Waals surface area contributed by atoms with Crippen LogP contribution in [0.4, 0.5) is 0 Å². The minimum Gasteiger partial charge on any atom is -0.379 e. The van der Waals surface area contributed by atoms with Gasteiger partial charge in [0.2, 0.25) is 0 Å².